The highest BCUT2D eigenvalue weighted by molar-refractivity contribution is 6.02. The minimum atomic E-state index is -0.811. The molecular weight excluding hydrogens is 375 g/mol. The van der Waals surface area contributed by atoms with E-state index in [1.165, 1.54) is 28.9 Å². The van der Waals surface area contributed by atoms with Gasteiger partial charge < -0.3 is 15.4 Å². The predicted octanol–water partition coefficient (Wildman–Crippen LogP) is 3.53. The largest absolute Gasteiger partial charge is 0.497 e. The van der Waals surface area contributed by atoms with Crippen LogP contribution in [0.5, 0.6) is 5.75 Å². The molecule has 1 unspecified atom stereocenters. The first kappa shape index (κ1) is 18.7. The van der Waals surface area contributed by atoms with E-state index in [-0.39, 0.29) is 12.3 Å². The highest BCUT2D eigenvalue weighted by Gasteiger charge is 2.34. The van der Waals surface area contributed by atoms with Gasteiger partial charge in [-0.15, -0.1) is 0 Å². The summed E-state index contributed by atoms with van der Waals surface area (Å²) in [6, 6.07) is 12.0. The molecule has 7 nitrogen and oxygen atoms in total. The molecule has 4 rings (SSSR count). The number of nitrogens with one attached hydrogen (secondary N) is 2. The molecule has 1 atom stereocenters. The van der Waals surface area contributed by atoms with Crippen LogP contribution < -0.4 is 15.4 Å². The molecule has 0 saturated heterocycles. The van der Waals surface area contributed by atoms with E-state index in [2.05, 4.69) is 15.7 Å². The quantitative estimate of drug-likeness (QED) is 0.709. The number of rotatable bonds is 4. The Hall–Kier alpha value is -3.68. The van der Waals surface area contributed by atoms with E-state index in [0.717, 1.165) is 16.9 Å². The summed E-state index contributed by atoms with van der Waals surface area (Å²) < 4.78 is 19.8. The standard InChI is InChI=1S/C21H19FN4O3/c1-12-19(13-3-9-16(29-2)10-4-13)25-26-17(11-18(27)24-20(12)26)21(28)23-15-7-5-14(22)6-8-15/h3-10,17H,11H2,1-2H3,(H,23,28)(H,24,27). The smallest absolute Gasteiger partial charge is 0.249 e. The molecule has 2 N–H and O–H groups in total. The second kappa shape index (κ2) is 7.38. The number of nitrogens with zero attached hydrogens (tertiary/aromatic N) is 2. The molecule has 0 radical (unpaired) electrons. The van der Waals surface area contributed by atoms with Gasteiger partial charge in [-0.2, -0.15) is 5.10 Å². The average molecular weight is 394 g/mol. The van der Waals surface area contributed by atoms with Crippen molar-refractivity contribution in [2.24, 2.45) is 0 Å². The number of carbonyl (C=O) groups excluding carboxylic acids is 2. The van der Waals surface area contributed by atoms with Crippen molar-refractivity contribution < 1.29 is 18.7 Å². The van der Waals surface area contributed by atoms with Crippen LogP contribution in [-0.4, -0.2) is 28.7 Å². The van der Waals surface area contributed by atoms with Crippen LogP contribution in [0.2, 0.25) is 0 Å². The van der Waals surface area contributed by atoms with Crippen LogP contribution in [0.3, 0.4) is 0 Å². The van der Waals surface area contributed by atoms with Crippen molar-refractivity contribution in [3.63, 3.8) is 0 Å². The van der Waals surface area contributed by atoms with E-state index in [4.69, 9.17) is 4.74 Å². The third-order valence-corrected chi connectivity index (χ3v) is 4.86. The number of hydrogen-bond acceptors (Lipinski definition) is 4. The summed E-state index contributed by atoms with van der Waals surface area (Å²) >= 11 is 0. The Morgan fingerprint density at radius 3 is 2.55 bits per heavy atom. The molecule has 0 fully saturated rings. The summed E-state index contributed by atoms with van der Waals surface area (Å²) in [6.07, 6.45) is -0.0385. The zero-order valence-corrected chi connectivity index (χ0v) is 15.9. The van der Waals surface area contributed by atoms with Gasteiger partial charge >= 0.3 is 0 Å². The van der Waals surface area contributed by atoms with Gasteiger partial charge in [0.15, 0.2) is 0 Å². The Balaban J connectivity index is 1.67. The minimum Gasteiger partial charge on any atom is -0.497 e. The van der Waals surface area contributed by atoms with E-state index in [0.29, 0.717) is 17.2 Å². The van der Waals surface area contributed by atoms with Crippen molar-refractivity contribution in [1.82, 2.24) is 9.78 Å². The molecular formula is C21H19FN4O3. The Morgan fingerprint density at radius 2 is 1.90 bits per heavy atom. The van der Waals surface area contributed by atoms with Gasteiger partial charge in [-0.3, -0.25) is 9.59 Å². The molecule has 0 bridgehead atoms. The molecule has 1 aliphatic heterocycles. The molecule has 0 saturated carbocycles. The molecule has 8 heteroatoms. The number of carbonyl (C=O) groups is 2. The van der Waals surface area contributed by atoms with Crippen molar-refractivity contribution in [2.75, 3.05) is 17.7 Å². The normalized spacial score (nSPS) is 15.4. The Kier molecular flexibility index (Phi) is 4.75. The van der Waals surface area contributed by atoms with E-state index >= 15 is 0 Å². The van der Waals surface area contributed by atoms with Crippen LogP contribution in [0, 0.1) is 12.7 Å². The fraction of sp³-hybridized carbons (Fsp3) is 0.190. The summed E-state index contributed by atoms with van der Waals surface area (Å²) in [5, 5.41) is 10.1. The first-order valence-corrected chi connectivity index (χ1v) is 9.06. The van der Waals surface area contributed by atoms with Crippen LogP contribution >= 0.6 is 0 Å². The maximum atomic E-state index is 13.1. The van der Waals surface area contributed by atoms with Crippen LogP contribution in [0.1, 0.15) is 18.0 Å². The van der Waals surface area contributed by atoms with Crippen LogP contribution in [0.4, 0.5) is 15.9 Å². The second-order valence-corrected chi connectivity index (χ2v) is 6.76. The van der Waals surface area contributed by atoms with Gasteiger partial charge in [-0.05, 0) is 55.5 Å². The molecule has 0 spiro atoms. The Morgan fingerprint density at radius 1 is 1.21 bits per heavy atom. The van der Waals surface area contributed by atoms with E-state index in [1.54, 1.807) is 7.11 Å². The number of fused-ring (bicyclic) bond motifs is 1. The zero-order valence-electron chi connectivity index (χ0n) is 15.9. The third-order valence-electron chi connectivity index (χ3n) is 4.86. The lowest BCUT2D eigenvalue weighted by Crippen LogP contribution is -2.35. The summed E-state index contributed by atoms with van der Waals surface area (Å²) in [7, 11) is 1.59. The molecule has 29 heavy (non-hydrogen) atoms. The maximum absolute atomic E-state index is 13.1. The number of hydrogen-bond donors (Lipinski definition) is 2. The topological polar surface area (TPSA) is 85.2 Å². The van der Waals surface area contributed by atoms with E-state index in [1.807, 2.05) is 31.2 Å². The molecule has 2 amide bonds. The Bertz CT molecular complexity index is 1070. The van der Waals surface area contributed by atoms with Gasteiger partial charge in [0.25, 0.3) is 0 Å². The molecule has 2 aromatic carbocycles. The number of amides is 2. The lowest BCUT2D eigenvalue weighted by molar-refractivity contribution is -0.125. The third kappa shape index (κ3) is 3.56. The molecule has 148 valence electrons. The van der Waals surface area contributed by atoms with Crippen molar-refractivity contribution in [3.8, 4) is 17.0 Å². The number of halogens is 1. The first-order chi connectivity index (χ1) is 14.0. The number of anilines is 2. The molecule has 1 aliphatic rings. The van der Waals surface area contributed by atoms with Crippen LogP contribution in [0.15, 0.2) is 48.5 Å². The zero-order chi connectivity index (χ0) is 20.5. The molecule has 1 aromatic heterocycles. The van der Waals surface area contributed by atoms with Gasteiger partial charge in [-0.1, -0.05) is 0 Å². The second-order valence-electron chi connectivity index (χ2n) is 6.76. The highest BCUT2D eigenvalue weighted by Crippen LogP contribution is 2.35. The molecule has 0 aliphatic carbocycles. The van der Waals surface area contributed by atoms with Gasteiger partial charge in [0.05, 0.1) is 19.2 Å². The van der Waals surface area contributed by atoms with Gasteiger partial charge in [0, 0.05) is 16.8 Å². The fourth-order valence-electron chi connectivity index (χ4n) is 3.32. The van der Waals surface area contributed by atoms with Crippen molar-refractivity contribution in [3.05, 3.63) is 59.9 Å². The minimum absolute atomic E-state index is 0.0385. The lowest BCUT2D eigenvalue weighted by Gasteiger charge is -2.24. The Labute approximate surface area is 166 Å². The number of benzene rings is 2. The number of aromatic nitrogens is 2. The van der Waals surface area contributed by atoms with Crippen molar-refractivity contribution in [1.29, 1.82) is 0 Å². The van der Waals surface area contributed by atoms with Crippen LogP contribution in [-0.2, 0) is 9.59 Å². The SMILES string of the molecule is COc1ccc(-c2nn3c(c2C)NC(=O)CC3C(=O)Nc2ccc(F)cc2)cc1. The van der Waals surface area contributed by atoms with E-state index in [9.17, 15) is 14.0 Å². The first-order valence-electron chi connectivity index (χ1n) is 9.06. The van der Waals surface area contributed by atoms with Crippen LogP contribution in [0.25, 0.3) is 11.3 Å². The van der Waals surface area contributed by atoms with Gasteiger partial charge in [0.1, 0.15) is 23.4 Å². The number of methoxy groups -OCH3 is 1. The summed E-state index contributed by atoms with van der Waals surface area (Å²) in [5.74, 6) is 0.165. The van der Waals surface area contributed by atoms with Gasteiger partial charge in [-0.25, -0.2) is 9.07 Å². The maximum Gasteiger partial charge on any atom is 0.249 e. The monoisotopic (exact) mass is 394 g/mol. The highest BCUT2D eigenvalue weighted by atomic mass is 19.1. The lowest BCUT2D eigenvalue weighted by atomic mass is 10.1. The average Bonchev–Trinajstić information content (AvgIpc) is 3.05. The fourth-order valence-corrected chi connectivity index (χ4v) is 3.32. The molecule has 2 heterocycles. The predicted molar refractivity (Wildman–Crippen MR) is 106 cm³/mol. The number of ether oxygens (including phenoxy) is 1. The summed E-state index contributed by atoms with van der Waals surface area (Å²) in [4.78, 5) is 25.1. The van der Waals surface area contributed by atoms with Gasteiger partial charge in [0.2, 0.25) is 11.8 Å². The van der Waals surface area contributed by atoms with E-state index < -0.39 is 17.8 Å². The van der Waals surface area contributed by atoms with Crippen molar-refractivity contribution in [2.45, 2.75) is 19.4 Å². The summed E-state index contributed by atoms with van der Waals surface area (Å²) in [6.45, 7) is 1.85. The molecule has 3 aromatic rings. The summed E-state index contributed by atoms with van der Waals surface area (Å²) in [5.41, 5.74) is 2.73. The van der Waals surface area contributed by atoms with Crippen molar-refractivity contribution >= 4 is 23.3 Å².